The van der Waals surface area contributed by atoms with E-state index in [0.717, 1.165) is 5.56 Å². The van der Waals surface area contributed by atoms with Gasteiger partial charge in [0.15, 0.2) is 5.75 Å². The molecule has 0 bridgehead atoms. The molecule has 2 aromatic carbocycles. The number of ether oxygens (including phenoxy) is 1. The van der Waals surface area contributed by atoms with Gasteiger partial charge >= 0.3 is 0 Å². The van der Waals surface area contributed by atoms with Crippen molar-refractivity contribution in [1.82, 2.24) is 0 Å². The van der Waals surface area contributed by atoms with Crippen LogP contribution in [0.1, 0.15) is 18.1 Å². The minimum absolute atomic E-state index is 0.162. The van der Waals surface area contributed by atoms with Crippen LogP contribution in [-0.2, 0) is 4.79 Å². The molecule has 4 nitrogen and oxygen atoms in total. The average molecular weight is 300 g/mol. The van der Waals surface area contributed by atoms with Crippen LogP contribution in [0.25, 0.3) is 0 Å². The van der Waals surface area contributed by atoms with Gasteiger partial charge in [-0.1, -0.05) is 30.4 Å². The molecule has 3 N–H and O–H groups in total. The van der Waals surface area contributed by atoms with Crippen LogP contribution in [0.3, 0.4) is 0 Å². The normalized spacial score (nSPS) is 10.0. The number of nitrogens with one attached hydrogen (secondary N) is 1. The zero-order valence-corrected chi connectivity index (χ0v) is 12.7. The summed E-state index contributed by atoms with van der Waals surface area (Å²) < 4.78 is 5.90. The zero-order chi connectivity index (χ0) is 15.4. The molecule has 0 fully saturated rings. The van der Waals surface area contributed by atoms with E-state index in [4.69, 9.17) is 22.7 Å². The van der Waals surface area contributed by atoms with Gasteiger partial charge in [-0.05, 0) is 36.8 Å². The molecule has 0 unspecified atom stereocenters. The van der Waals surface area contributed by atoms with E-state index in [1.54, 1.807) is 12.1 Å². The molecular formula is C16H16N2O2S. The molecule has 0 spiro atoms. The molecule has 0 aliphatic rings. The molecule has 0 saturated carbocycles. The molecule has 0 aliphatic heterocycles. The number of anilines is 1. The number of thiocarbonyl (C=S) groups is 1. The van der Waals surface area contributed by atoms with Crippen LogP contribution in [0.5, 0.6) is 11.5 Å². The van der Waals surface area contributed by atoms with Gasteiger partial charge in [-0.3, -0.25) is 4.79 Å². The van der Waals surface area contributed by atoms with E-state index < -0.39 is 0 Å². The van der Waals surface area contributed by atoms with Gasteiger partial charge in [0.1, 0.15) is 10.7 Å². The number of para-hydroxylation sites is 2. The van der Waals surface area contributed by atoms with Crippen LogP contribution in [-0.4, -0.2) is 10.9 Å². The predicted octanol–water partition coefficient (Wildman–Crippen LogP) is 3.38. The lowest BCUT2D eigenvalue weighted by atomic mass is 10.1. The van der Waals surface area contributed by atoms with E-state index >= 15 is 0 Å². The lowest BCUT2D eigenvalue weighted by Gasteiger charge is -2.14. The summed E-state index contributed by atoms with van der Waals surface area (Å²) in [7, 11) is 0. The third-order valence-electron chi connectivity index (χ3n) is 2.82. The van der Waals surface area contributed by atoms with Crippen LogP contribution in [0, 0.1) is 6.92 Å². The number of carbonyl (C=O) groups is 1. The first kappa shape index (κ1) is 15.0. The highest BCUT2D eigenvalue weighted by Crippen LogP contribution is 2.32. The van der Waals surface area contributed by atoms with Gasteiger partial charge in [-0.2, -0.15) is 0 Å². The molecule has 2 rings (SSSR count). The second-order valence-electron chi connectivity index (χ2n) is 4.64. The topological polar surface area (TPSA) is 64.3 Å². The van der Waals surface area contributed by atoms with Crippen molar-refractivity contribution in [3.63, 3.8) is 0 Å². The summed E-state index contributed by atoms with van der Waals surface area (Å²) in [5.74, 6) is 0.945. The fourth-order valence-electron chi connectivity index (χ4n) is 1.88. The van der Waals surface area contributed by atoms with Gasteiger partial charge in [0, 0.05) is 6.92 Å². The number of amides is 1. The Labute approximate surface area is 128 Å². The van der Waals surface area contributed by atoms with Crippen molar-refractivity contribution in [3.8, 4) is 11.5 Å². The summed E-state index contributed by atoms with van der Waals surface area (Å²) in [6.07, 6.45) is 0. The second kappa shape index (κ2) is 6.37. The average Bonchev–Trinajstić information content (AvgIpc) is 2.40. The Morgan fingerprint density at radius 2 is 1.90 bits per heavy atom. The van der Waals surface area contributed by atoms with Gasteiger partial charge in [-0.15, -0.1) is 0 Å². The SMILES string of the molecule is CC(=O)Nc1ccccc1Oc1cc(C)ccc1C(N)=S. The molecule has 1 amide bonds. The van der Waals surface area contributed by atoms with E-state index in [9.17, 15) is 4.79 Å². The van der Waals surface area contributed by atoms with E-state index in [1.807, 2.05) is 37.3 Å². The van der Waals surface area contributed by atoms with E-state index in [0.29, 0.717) is 22.7 Å². The van der Waals surface area contributed by atoms with Crippen molar-refractivity contribution in [2.24, 2.45) is 5.73 Å². The van der Waals surface area contributed by atoms with Gasteiger partial charge < -0.3 is 15.8 Å². The van der Waals surface area contributed by atoms with Crippen molar-refractivity contribution in [1.29, 1.82) is 0 Å². The van der Waals surface area contributed by atoms with Crippen LogP contribution >= 0.6 is 12.2 Å². The molecule has 0 aliphatic carbocycles. The molecule has 0 atom stereocenters. The molecular weight excluding hydrogens is 284 g/mol. The molecule has 0 saturated heterocycles. The molecule has 21 heavy (non-hydrogen) atoms. The van der Waals surface area contributed by atoms with Crippen LogP contribution in [0.4, 0.5) is 5.69 Å². The van der Waals surface area contributed by atoms with E-state index in [1.165, 1.54) is 6.92 Å². The van der Waals surface area contributed by atoms with Gasteiger partial charge in [0.25, 0.3) is 0 Å². The highest BCUT2D eigenvalue weighted by molar-refractivity contribution is 7.80. The number of carbonyl (C=O) groups excluding carboxylic acids is 1. The maximum Gasteiger partial charge on any atom is 0.221 e. The third kappa shape index (κ3) is 3.79. The first-order valence-corrected chi connectivity index (χ1v) is 6.83. The molecule has 0 heterocycles. The number of benzene rings is 2. The number of hydrogen-bond donors (Lipinski definition) is 2. The maximum absolute atomic E-state index is 11.2. The second-order valence-corrected chi connectivity index (χ2v) is 5.08. The van der Waals surface area contributed by atoms with Crippen molar-refractivity contribution in [3.05, 3.63) is 53.6 Å². The first-order chi connectivity index (χ1) is 9.97. The Kier molecular flexibility index (Phi) is 4.55. The molecule has 2 aromatic rings. The summed E-state index contributed by atoms with van der Waals surface area (Å²) >= 11 is 5.04. The van der Waals surface area contributed by atoms with E-state index in [2.05, 4.69) is 5.32 Å². The summed E-state index contributed by atoms with van der Waals surface area (Å²) in [6, 6.07) is 12.8. The number of aryl methyl sites for hydroxylation is 1. The van der Waals surface area contributed by atoms with Crippen LogP contribution in [0.15, 0.2) is 42.5 Å². The molecule has 0 radical (unpaired) electrons. The van der Waals surface area contributed by atoms with Crippen LogP contribution < -0.4 is 15.8 Å². The summed E-state index contributed by atoms with van der Waals surface area (Å²) in [4.78, 5) is 11.5. The van der Waals surface area contributed by atoms with Crippen molar-refractivity contribution < 1.29 is 9.53 Å². The Hall–Kier alpha value is -2.40. The number of nitrogens with two attached hydrogens (primary N) is 1. The minimum Gasteiger partial charge on any atom is -0.454 e. The number of hydrogen-bond acceptors (Lipinski definition) is 3. The fourth-order valence-corrected chi connectivity index (χ4v) is 2.05. The van der Waals surface area contributed by atoms with Crippen LogP contribution in [0.2, 0.25) is 0 Å². The Morgan fingerprint density at radius 3 is 2.57 bits per heavy atom. The van der Waals surface area contributed by atoms with Crippen molar-refractivity contribution in [2.45, 2.75) is 13.8 Å². The van der Waals surface area contributed by atoms with Gasteiger partial charge in [0.05, 0.1) is 11.3 Å². The summed E-state index contributed by atoms with van der Waals surface area (Å²) in [5, 5.41) is 2.73. The summed E-state index contributed by atoms with van der Waals surface area (Å²) in [6.45, 7) is 3.40. The standard InChI is InChI=1S/C16H16N2O2S/c1-10-7-8-12(16(17)21)15(9-10)20-14-6-4-3-5-13(14)18-11(2)19/h3-9H,1-2H3,(H2,17,21)(H,18,19). The first-order valence-electron chi connectivity index (χ1n) is 6.42. The highest BCUT2D eigenvalue weighted by atomic mass is 32.1. The van der Waals surface area contributed by atoms with Gasteiger partial charge in [-0.25, -0.2) is 0 Å². The smallest absolute Gasteiger partial charge is 0.221 e. The van der Waals surface area contributed by atoms with E-state index in [-0.39, 0.29) is 10.9 Å². The largest absolute Gasteiger partial charge is 0.454 e. The third-order valence-corrected chi connectivity index (χ3v) is 3.04. The molecule has 0 aromatic heterocycles. The van der Waals surface area contributed by atoms with Gasteiger partial charge in [0.2, 0.25) is 5.91 Å². The quantitative estimate of drug-likeness (QED) is 0.850. The highest BCUT2D eigenvalue weighted by Gasteiger charge is 2.11. The fraction of sp³-hybridized carbons (Fsp3) is 0.125. The maximum atomic E-state index is 11.2. The molecule has 5 heteroatoms. The summed E-state index contributed by atoms with van der Waals surface area (Å²) in [5.41, 5.74) is 8.01. The molecule has 108 valence electrons. The van der Waals surface area contributed by atoms with Crippen molar-refractivity contribution >= 4 is 28.8 Å². The number of rotatable bonds is 4. The van der Waals surface area contributed by atoms with Crippen molar-refractivity contribution in [2.75, 3.05) is 5.32 Å². The Bertz CT molecular complexity index is 698. The lowest BCUT2D eigenvalue weighted by molar-refractivity contribution is -0.114. The zero-order valence-electron chi connectivity index (χ0n) is 11.8. The minimum atomic E-state index is -0.162. The monoisotopic (exact) mass is 300 g/mol. The predicted molar refractivity (Wildman–Crippen MR) is 87.9 cm³/mol. The Balaban J connectivity index is 2.40. The lowest BCUT2D eigenvalue weighted by Crippen LogP contribution is -2.11. The Morgan fingerprint density at radius 1 is 1.19 bits per heavy atom.